The molecule has 2 aromatic carbocycles. The fourth-order valence-corrected chi connectivity index (χ4v) is 3.02. The number of aryl methyl sites for hydroxylation is 3. The zero-order chi connectivity index (χ0) is 19.1. The van der Waals surface area contributed by atoms with Gasteiger partial charge in [0.25, 0.3) is 11.8 Å². The molecule has 0 aliphatic heterocycles. The second-order valence-corrected chi connectivity index (χ2v) is 6.72. The smallest absolute Gasteiger partial charge is 0.276 e. The minimum atomic E-state index is -0.462. The van der Waals surface area contributed by atoms with Gasteiger partial charge >= 0.3 is 0 Å². The molecule has 0 aliphatic carbocycles. The van der Waals surface area contributed by atoms with Gasteiger partial charge in [0.05, 0.1) is 0 Å². The third-order valence-corrected chi connectivity index (χ3v) is 4.02. The molecule has 0 fully saturated rings. The Kier molecular flexibility index (Phi) is 7.03. The van der Waals surface area contributed by atoms with Gasteiger partial charge in [-0.1, -0.05) is 34.1 Å². The number of hydrazine groups is 1. The second-order valence-electron chi connectivity index (χ2n) is 5.81. The predicted molar refractivity (Wildman–Crippen MR) is 102 cm³/mol. The number of rotatable bonds is 6. The van der Waals surface area contributed by atoms with Gasteiger partial charge in [0.1, 0.15) is 11.5 Å². The molecule has 0 bridgehead atoms. The van der Waals surface area contributed by atoms with Gasteiger partial charge in [-0.25, -0.2) is 0 Å². The van der Waals surface area contributed by atoms with Crippen LogP contribution in [0.15, 0.2) is 40.9 Å². The number of halogens is 1. The minimum Gasteiger partial charge on any atom is -0.483 e. The maximum Gasteiger partial charge on any atom is 0.276 e. The molecule has 26 heavy (non-hydrogen) atoms. The third-order valence-electron chi connectivity index (χ3n) is 3.57. The van der Waals surface area contributed by atoms with Crippen LogP contribution in [0.5, 0.6) is 11.5 Å². The van der Waals surface area contributed by atoms with E-state index in [1.165, 1.54) is 0 Å². The number of carbonyl (C=O) groups excluding carboxylic acids is 2. The van der Waals surface area contributed by atoms with Crippen molar-refractivity contribution in [3.63, 3.8) is 0 Å². The van der Waals surface area contributed by atoms with Crippen LogP contribution in [0, 0.1) is 20.8 Å². The molecule has 6 nitrogen and oxygen atoms in total. The average molecular weight is 421 g/mol. The van der Waals surface area contributed by atoms with Gasteiger partial charge in [-0.2, -0.15) is 0 Å². The van der Waals surface area contributed by atoms with Crippen LogP contribution >= 0.6 is 15.9 Å². The number of benzene rings is 2. The number of ether oxygens (including phenoxy) is 2. The summed E-state index contributed by atoms with van der Waals surface area (Å²) in [6, 6.07) is 11.2. The fourth-order valence-electron chi connectivity index (χ4n) is 2.34. The maximum atomic E-state index is 11.8. The molecule has 2 N–H and O–H groups in total. The monoisotopic (exact) mass is 420 g/mol. The lowest BCUT2D eigenvalue weighted by Gasteiger charge is -2.13. The molecular formula is C19H21BrN2O4. The molecule has 2 rings (SSSR count). The maximum absolute atomic E-state index is 11.8. The Morgan fingerprint density at radius 1 is 0.885 bits per heavy atom. The molecule has 0 saturated heterocycles. The number of para-hydroxylation sites is 1. The van der Waals surface area contributed by atoms with E-state index in [4.69, 9.17) is 9.47 Å². The zero-order valence-corrected chi connectivity index (χ0v) is 16.5. The SMILES string of the molecule is Cc1ccccc1OCC(=O)NNC(=O)COc1c(C)cc(Br)cc1C. The highest BCUT2D eigenvalue weighted by Gasteiger charge is 2.10. The number of hydrogen-bond acceptors (Lipinski definition) is 4. The van der Waals surface area contributed by atoms with E-state index in [0.717, 1.165) is 21.2 Å². The number of hydrogen-bond donors (Lipinski definition) is 2. The first-order valence-electron chi connectivity index (χ1n) is 8.02. The summed E-state index contributed by atoms with van der Waals surface area (Å²) in [4.78, 5) is 23.6. The Labute approximate surface area is 161 Å². The van der Waals surface area contributed by atoms with Gasteiger partial charge < -0.3 is 9.47 Å². The Hall–Kier alpha value is -2.54. The Morgan fingerprint density at radius 3 is 2.00 bits per heavy atom. The predicted octanol–water partition coefficient (Wildman–Crippen LogP) is 2.98. The van der Waals surface area contributed by atoms with Crippen LogP contribution in [0.3, 0.4) is 0 Å². The molecular weight excluding hydrogens is 400 g/mol. The summed E-state index contributed by atoms with van der Waals surface area (Å²) < 4.78 is 11.9. The van der Waals surface area contributed by atoms with Gasteiger partial charge in [0.2, 0.25) is 0 Å². The van der Waals surface area contributed by atoms with Crippen LogP contribution in [-0.2, 0) is 9.59 Å². The Bertz CT molecular complexity index is 785. The summed E-state index contributed by atoms with van der Waals surface area (Å²) in [5.74, 6) is 0.352. The third kappa shape index (κ3) is 5.77. The fraction of sp³-hybridized carbons (Fsp3) is 0.263. The van der Waals surface area contributed by atoms with Crippen LogP contribution in [0.25, 0.3) is 0 Å². The molecule has 0 unspecified atom stereocenters. The van der Waals surface area contributed by atoms with Gasteiger partial charge in [0.15, 0.2) is 13.2 Å². The number of amides is 2. The highest BCUT2D eigenvalue weighted by molar-refractivity contribution is 9.10. The van der Waals surface area contributed by atoms with Crippen molar-refractivity contribution in [2.24, 2.45) is 0 Å². The van der Waals surface area contributed by atoms with Crippen molar-refractivity contribution in [3.8, 4) is 11.5 Å². The average Bonchev–Trinajstić information content (AvgIpc) is 2.58. The standard InChI is InChI=1S/C19H21BrN2O4/c1-12-6-4-5-7-16(12)25-10-17(23)21-22-18(24)11-26-19-13(2)8-15(20)9-14(19)3/h4-9H,10-11H2,1-3H3,(H,21,23)(H,22,24). The summed E-state index contributed by atoms with van der Waals surface area (Å²) in [5.41, 5.74) is 7.36. The lowest BCUT2D eigenvalue weighted by atomic mass is 10.1. The van der Waals surface area contributed by atoms with E-state index < -0.39 is 11.8 Å². The van der Waals surface area contributed by atoms with Crippen molar-refractivity contribution < 1.29 is 19.1 Å². The topological polar surface area (TPSA) is 76.7 Å². The normalized spacial score (nSPS) is 10.2. The zero-order valence-electron chi connectivity index (χ0n) is 14.9. The van der Waals surface area contributed by atoms with Gasteiger partial charge in [-0.05, 0) is 55.7 Å². The summed E-state index contributed by atoms with van der Waals surface area (Å²) >= 11 is 3.41. The minimum absolute atomic E-state index is 0.198. The lowest BCUT2D eigenvalue weighted by Crippen LogP contribution is -2.45. The van der Waals surface area contributed by atoms with Crippen molar-refractivity contribution in [3.05, 3.63) is 57.6 Å². The van der Waals surface area contributed by atoms with Crippen molar-refractivity contribution in [2.45, 2.75) is 20.8 Å². The number of carbonyl (C=O) groups is 2. The summed E-state index contributed by atoms with van der Waals surface area (Å²) in [6.07, 6.45) is 0. The van der Waals surface area contributed by atoms with E-state index in [0.29, 0.717) is 11.5 Å². The van der Waals surface area contributed by atoms with Crippen LogP contribution in [0.1, 0.15) is 16.7 Å². The van der Waals surface area contributed by atoms with E-state index in [-0.39, 0.29) is 13.2 Å². The molecule has 0 aromatic heterocycles. The van der Waals surface area contributed by atoms with Crippen LogP contribution < -0.4 is 20.3 Å². The van der Waals surface area contributed by atoms with Crippen molar-refractivity contribution in [2.75, 3.05) is 13.2 Å². The molecule has 2 aromatic rings. The molecule has 0 saturated carbocycles. The van der Waals surface area contributed by atoms with Gasteiger partial charge in [0, 0.05) is 4.47 Å². The van der Waals surface area contributed by atoms with E-state index in [2.05, 4.69) is 26.8 Å². The van der Waals surface area contributed by atoms with E-state index in [1.54, 1.807) is 6.07 Å². The molecule has 138 valence electrons. The summed E-state index contributed by atoms with van der Waals surface area (Å²) in [6.45, 7) is 5.28. The van der Waals surface area contributed by atoms with Gasteiger partial charge in [-0.15, -0.1) is 0 Å². The molecule has 0 spiro atoms. The second kappa shape index (κ2) is 9.24. The summed E-state index contributed by atoms with van der Waals surface area (Å²) in [5, 5.41) is 0. The largest absolute Gasteiger partial charge is 0.483 e. The van der Waals surface area contributed by atoms with Crippen molar-refractivity contribution >= 4 is 27.7 Å². The van der Waals surface area contributed by atoms with Crippen molar-refractivity contribution in [1.29, 1.82) is 0 Å². The van der Waals surface area contributed by atoms with E-state index in [1.807, 2.05) is 51.1 Å². The first-order valence-corrected chi connectivity index (χ1v) is 8.81. The molecule has 2 amide bonds. The first kappa shape index (κ1) is 19.8. The van der Waals surface area contributed by atoms with Crippen LogP contribution in [0.4, 0.5) is 0 Å². The molecule has 0 atom stereocenters. The quantitative estimate of drug-likeness (QED) is 0.704. The molecule has 0 radical (unpaired) electrons. The summed E-state index contributed by atoms with van der Waals surface area (Å²) in [7, 11) is 0. The Morgan fingerprint density at radius 2 is 1.42 bits per heavy atom. The highest BCUT2D eigenvalue weighted by atomic mass is 79.9. The van der Waals surface area contributed by atoms with E-state index >= 15 is 0 Å². The van der Waals surface area contributed by atoms with Crippen LogP contribution in [0.2, 0.25) is 0 Å². The van der Waals surface area contributed by atoms with Crippen LogP contribution in [-0.4, -0.2) is 25.0 Å². The lowest BCUT2D eigenvalue weighted by molar-refractivity contribution is -0.131. The number of nitrogens with one attached hydrogen (secondary N) is 2. The highest BCUT2D eigenvalue weighted by Crippen LogP contribution is 2.27. The molecule has 0 aliphatic rings. The Balaban J connectivity index is 1.75. The first-order chi connectivity index (χ1) is 12.4. The van der Waals surface area contributed by atoms with Gasteiger partial charge in [-0.3, -0.25) is 20.4 Å². The molecule has 0 heterocycles. The van der Waals surface area contributed by atoms with Crippen molar-refractivity contribution in [1.82, 2.24) is 10.9 Å². The van der Waals surface area contributed by atoms with E-state index in [9.17, 15) is 9.59 Å². The molecule has 7 heteroatoms.